The Balaban J connectivity index is 0.00000220. The van der Waals surface area contributed by atoms with Gasteiger partial charge < -0.3 is 27.6 Å². The van der Waals surface area contributed by atoms with E-state index in [2.05, 4.69) is 5.32 Å². The number of ether oxygens (including phenoxy) is 1. The zero-order valence-corrected chi connectivity index (χ0v) is 12.4. The summed E-state index contributed by atoms with van der Waals surface area (Å²) in [5.41, 5.74) is 2.54. The molecule has 0 fully saturated rings. The van der Waals surface area contributed by atoms with E-state index in [4.69, 9.17) is 9.84 Å². The van der Waals surface area contributed by atoms with Crippen molar-refractivity contribution in [3.05, 3.63) is 65.2 Å². The number of carboxylic acid groups (broad SMARTS) is 1. The van der Waals surface area contributed by atoms with Crippen LogP contribution in [0.3, 0.4) is 0 Å². The number of carboxylic acids is 1. The molecule has 0 bridgehead atoms. The van der Waals surface area contributed by atoms with Gasteiger partial charge in [0.15, 0.2) is 0 Å². The average molecular weight is 307 g/mol. The van der Waals surface area contributed by atoms with Gasteiger partial charge in [0, 0.05) is 13.1 Å². The van der Waals surface area contributed by atoms with Gasteiger partial charge in [-0.1, -0.05) is 24.3 Å². The Bertz CT molecular complexity index is 567. The van der Waals surface area contributed by atoms with E-state index >= 15 is 0 Å². The smallest absolute Gasteiger partial charge is 0.335 e. The zero-order valence-electron chi connectivity index (χ0n) is 11.7. The van der Waals surface area contributed by atoms with Crippen LogP contribution in [0.2, 0.25) is 0 Å². The number of hydrogen-bond donors (Lipinski definition) is 2. The number of methoxy groups -OCH3 is 1. The molecular weight excluding hydrogens is 290 g/mol. The fourth-order valence-electron chi connectivity index (χ4n) is 1.86. The largest absolute Gasteiger partial charge is 1.00 e. The number of benzene rings is 2. The van der Waals surface area contributed by atoms with E-state index in [0.717, 1.165) is 17.9 Å². The van der Waals surface area contributed by atoms with Crippen molar-refractivity contribution in [3.63, 3.8) is 0 Å². The van der Waals surface area contributed by atoms with Gasteiger partial charge in [-0.3, -0.25) is 0 Å². The summed E-state index contributed by atoms with van der Waals surface area (Å²) in [7, 11) is 1.65. The number of halogens is 1. The van der Waals surface area contributed by atoms with Crippen LogP contribution in [0.25, 0.3) is 0 Å². The molecule has 21 heavy (non-hydrogen) atoms. The quantitative estimate of drug-likeness (QED) is 0.768. The van der Waals surface area contributed by atoms with E-state index in [9.17, 15) is 4.79 Å². The lowest BCUT2D eigenvalue weighted by Crippen LogP contribution is -3.00. The second-order valence-electron chi connectivity index (χ2n) is 4.45. The molecule has 5 heteroatoms. The molecule has 0 aliphatic heterocycles. The molecule has 0 atom stereocenters. The summed E-state index contributed by atoms with van der Waals surface area (Å²) >= 11 is 0. The lowest BCUT2D eigenvalue weighted by atomic mass is 10.1. The third-order valence-corrected chi connectivity index (χ3v) is 3.02. The van der Waals surface area contributed by atoms with Crippen molar-refractivity contribution in [3.8, 4) is 5.75 Å². The second kappa shape index (κ2) is 8.29. The molecule has 0 aliphatic carbocycles. The second-order valence-corrected chi connectivity index (χ2v) is 4.45. The molecule has 0 heterocycles. The Hall–Kier alpha value is -2.04. The molecule has 0 spiro atoms. The molecule has 0 aromatic heterocycles. The first-order chi connectivity index (χ1) is 9.69. The summed E-state index contributed by atoms with van der Waals surface area (Å²) in [5.74, 6) is -0.0549. The highest BCUT2D eigenvalue weighted by molar-refractivity contribution is 5.87. The van der Waals surface area contributed by atoms with E-state index in [1.54, 1.807) is 19.2 Å². The summed E-state index contributed by atoms with van der Waals surface area (Å²) in [6.45, 7) is 1.45. The van der Waals surface area contributed by atoms with Crippen LogP contribution >= 0.6 is 0 Å². The summed E-state index contributed by atoms with van der Waals surface area (Å²) < 4.78 is 5.11. The lowest BCUT2D eigenvalue weighted by molar-refractivity contribution is -0.0000199. The van der Waals surface area contributed by atoms with E-state index in [-0.39, 0.29) is 12.4 Å². The van der Waals surface area contributed by atoms with Gasteiger partial charge in [0.25, 0.3) is 0 Å². The normalized spacial score (nSPS) is 9.76. The van der Waals surface area contributed by atoms with Crippen molar-refractivity contribution in [2.24, 2.45) is 0 Å². The van der Waals surface area contributed by atoms with Gasteiger partial charge in [0.05, 0.1) is 12.7 Å². The Morgan fingerprint density at radius 2 is 1.48 bits per heavy atom. The number of aromatic carboxylic acids is 1. The van der Waals surface area contributed by atoms with Crippen molar-refractivity contribution in [2.75, 3.05) is 7.11 Å². The Morgan fingerprint density at radius 3 is 1.90 bits per heavy atom. The molecule has 2 aromatic rings. The van der Waals surface area contributed by atoms with Gasteiger partial charge in [-0.25, -0.2) is 4.79 Å². The molecule has 2 N–H and O–H groups in total. The Labute approximate surface area is 130 Å². The number of hydrogen-bond acceptors (Lipinski definition) is 3. The summed E-state index contributed by atoms with van der Waals surface area (Å²) in [4.78, 5) is 10.7. The van der Waals surface area contributed by atoms with Gasteiger partial charge in [0.2, 0.25) is 0 Å². The van der Waals surface area contributed by atoms with Gasteiger partial charge in [-0.05, 0) is 35.4 Å². The van der Waals surface area contributed by atoms with Crippen molar-refractivity contribution in [1.29, 1.82) is 0 Å². The first-order valence-corrected chi connectivity index (χ1v) is 6.35. The first-order valence-electron chi connectivity index (χ1n) is 6.35. The number of carbonyl (C=O) groups is 1. The molecule has 2 aromatic carbocycles. The van der Waals surface area contributed by atoms with Gasteiger partial charge >= 0.3 is 5.97 Å². The standard InChI is InChI=1S/C16H17NO3.ClH/c1-20-15-8-4-13(5-9-15)11-17-10-12-2-6-14(7-3-12)16(18)19;/h2-9,17H,10-11H2,1H3,(H,18,19);1H/p-1. The van der Waals surface area contributed by atoms with Crippen LogP contribution in [0, 0.1) is 0 Å². The van der Waals surface area contributed by atoms with E-state index in [1.165, 1.54) is 5.56 Å². The first kappa shape index (κ1) is 17.0. The minimum absolute atomic E-state index is 0. The van der Waals surface area contributed by atoms with Crippen LogP contribution in [0.1, 0.15) is 21.5 Å². The van der Waals surface area contributed by atoms with Gasteiger partial charge in [-0.15, -0.1) is 0 Å². The highest BCUT2D eigenvalue weighted by Gasteiger charge is 2.01. The van der Waals surface area contributed by atoms with Gasteiger partial charge in [-0.2, -0.15) is 0 Å². The maximum absolute atomic E-state index is 10.7. The molecule has 4 nitrogen and oxygen atoms in total. The molecule has 112 valence electrons. The van der Waals surface area contributed by atoms with Crippen molar-refractivity contribution in [1.82, 2.24) is 5.32 Å². The lowest BCUT2D eigenvalue weighted by Gasteiger charge is -2.06. The predicted molar refractivity (Wildman–Crippen MR) is 76.9 cm³/mol. The van der Waals surface area contributed by atoms with Crippen LogP contribution in [-0.4, -0.2) is 18.2 Å². The van der Waals surface area contributed by atoms with Crippen LogP contribution in [-0.2, 0) is 13.1 Å². The fraction of sp³-hybridized carbons (Fsp3) is 0.188. The SMILES string of the molecule is COc1ccc(CNCc2ccc(C(=O)O)cc2)cc1.[Cl-]. The highest BCUT2D eigenvalue weighted by Crippen LogP contribution is 2.11. The number of nitrogens with one attached hydrogen (secondary N) is 1. The van der Waals surface area contributed by atoms with Crippen molar-refractivity contribution >= 4 is 5.97 Å². The maximum Gasteiger partial charge on any atom is 0.335 e. The van der Waals surface area contributed by atoms with Crippen LogP contribution in [0.15, 0.2) is 48.5 Å². The summed E-state index contributed by atoms with van der Waals surface area (Å²) in [6.07, 6.45) is 0. The molecule has 0 radical (unpaired) electrons. The molecule has 0 aliphatic rings. The van der Waals surface area contributed by atoms with Crippen LogP contribution < -0.4 is 22.5 Å². The third kappa shape index (κ3) is 5.10. The average Bonchev–Trinajstić information content (AvgIpc) is 2.48. The molecule has 0 unspecified atom stereocenters. The molecule has 0 saturated carbocycles. The van der Waals surface area contributed by atoms with Crippen molar-refractivity contribution in [2.45, 2.75) is 13.1 Å². The molecule has 2 rings (SSSR count). The van der Waals surface area contributed by atoms with E-state index in [1.807, 2.05) is 36.4 Å². The van der Waals surface area contributed by atoms with Gasteiger partial charge in [0.1, 0.15) is 5.75 Å². The predicted octanol–water partition coefficient (Wildman–Crippen LogP) is -0.313. The highest BCUT2D eigenvalue weighted by atomic mass is 35.5. The topological polar surface area (TPSA) is 58.6 Å². The van der Waals surface area contributed by atoms with Crippen LogP contribution in [0.5, 0.6) is 5.75 Å². The molecule has 0 saturated heterocycles. The third-order valence-electron chi connectivity index (χ3n) is 3.02. The molecular formula is C16H17ClNO3-. The Kier molecular flexibility index (Phi) is 6.72. The summed E-state index contributed by atoms with van der Waals surface area (Å²) in [6, 6.07) is 14.8. The Morgan fingerprint density at radius 1 is 1.00 bits per heavy atom. The molecule has 0 amide bonds. The monoisotopic (exact) mass is 306 g/mol. The van der Waals surface area contributed by atoms with E-state index < -0.39 is 5.97 Å². The maximum atomic E-state index is 10.7. The fourth-order valence-corrected chi connectivity index (χ4v) is 1.86. The van der Waals surface area contributed by atoms with E-state index in [0.29, 0.717) is 12.1 Å². The summed E-state index contributed by atoms with van der Waals surface area (Å²) in [5, 5.41) is 12.1. The van der Waals surface area contributed by atoms with Crippen molar-refractivity contribution < 1.29 is 27.0 Å². The minimum atomic E-state index is -0.900. The van der Waals surface area contributed by atoms with Crippen LogP contribution in [0.4, 0.5) is 0 Å². The number of rotatable bonds is 6. The minimum Gasteiger partial charge on any atom is -1.00 e. The zero-order chi connectivity index (χ0) is 14.4.